The van der Waals surface area contributed by atoms with Gasteiger partial charge >= 0.3 is 0 Å². The van der Waals surface area contributed by atoms with Gasteiger partial charge in [-0.05, 0) is 6.42 Å². The fourth-order valence-corrected chi connectivity index (χ4v) is 1.50. The summed E-state index contributed by atoms with van der Waals surface area (Å²) in [5.41, 5.74) is 0. The topological polar surface area (TPSA) is 57.8 Å². The Morgan fingerprint density at radius 1 is 1.82 bits per heavy atom. The second kappa shape index (κ2) is 4.12. The van der Waals surface area contributed by atoms with E-state index in [1.54, 1.807) is 12.3 Å². The maximum absolute atomic E-state index is 11.1. The van der Waals surface area contributed by atoms with Crippen LogP contribution in [0.2, 0.25) is 0 Å². The van der Waals surface area contributed by atoms with Crippen LogP contribution in [0.25, 0.3) is 0 Å². The van der Waals surface area contributed by atoms with Crippen molar-refractivity contribution in [2.75, 3.05) is 10.5 Å². The van der Waals surface area contributed by atoms with Gasteiger partial charge in [0.2, 0.25) is 0 Å². The minimum absolute atomic E-state index is 0.666. The zero-order chi connectivity index (χ0) is 8.10. The number of anilines is 1. The molecule has 1 heterocycles. The lowest BCUT2D eigenvalue weighted by atomic mass is 10.6. The van der Waals surface area contributed by atoms with Gasteiger partial charge < -0.3 is 0 Å². The summed E-state index contributed by atoms with van der Waals surface area (Å²) in [6.07, 6.45) is 2.53. The van der Waals surface area contributed by atoms with Crippen LogP contribution in [0.3, 0.4) is 0 Å². The molecule has 11 heavy (non-hydrogen) atoms. The number of rotatable bonds is 4. The molecule has 1 aromatic heterocycles. The molecule has 2 N–H and O–H groups in total. The van der Waals surface area contributed by atoms with Crippen LogP contribution in [-0.2, 0) is 11.0 Å². The molecule has 0 saturated carbocycles. The molecule has 0 aromatic carbocycles. The SMILES string of the molecule is CCCS(=O)Nc1ccn[nH]1. The lowest BCUT2D eigenvalue weighted by molar-refractivity contribution is 0.685. The number of aromatic amines is 1. The van der Waals surface area contributed by atoms with E-state index in [2.05, 4.69) is 14.9 Å². The first kappa shape index (κ1) is 8.26. The molecule has 0 bridgehead atoms. The first-order valence-electron chi connectivity index (χ1n) is 3.47. The van der Waals surface area contributed by atoms with Gasteiger partial charge in [0.25, 0.3) is 0 Å². The van der Waals surface area contributed by atoms with E-state index < -0.39 is 11.0 Å². The van der Waals surface area contributed by atoms with Gasteiger partial charge in [-0.25, -0.2) is 4.21 Å². The third-order valence-electron chi connectivity index (χ3n) is 1.11. The first-order chi connectivity index (χ1) is 5.33. The van der Waals surface area contributed by atoms with Gasteiger partial charge in [0, 0.05) is 11.8 Å². The van der Waals surface area contributed by atoms with Crippen LogP contribution in [0, 0.1) is 0 Å². The van der Waals surface area contributed by atoms with E-state index in [0.717, 1.165) is 6.42 Å². The molecular weight excluding hydrogens is 162 g/mol. The number of aromatic nitrogens is 2. The number of hydrogen-bond donors (Lipinski definition) is 2. The Kier molecular flexibility index (Phi) is 3.10. The Balaban J connectivity index is 2.37. The van der Waals surface area contributed by atoms with Crippen molar-refractivity contribution in [3.8, 4) is 0 Å². The lowest BCUT2D eigenvalue weighted by Crippen LogP contribution is -2.07. The summed E-state index contributed by atoms with van der Waals surface area (Å²) in [5.74, 6) is 1.37. The summed E-state index contributed by atoms with van der Waals surface area (Å²) in [4.78, 5) is 0. The van der Waals surface area contributed by atoms with Crippen molar-refractivity contribution in [2.24, 2.45) is 0 Å². The summed E-state index contributed by atoms with van der Waals surface area (Å²) >= 11 is 0. The summed E-state index contributed by atoms with van der Waals surface area (Å²) < 4.78 is 13.8. The molecule has 5 heteroatoms. The number of nitrogens with one attached hydrogen (secondary N) is 2. The maximum atomic E-state index is 11.1. The van der Waals surface area contributed by atoms with Gasteiger partial charge in [0.15, 0.2) is 0 Å². The van der Waals surface area contributed by atoms with Crippen molar-refractivity contribution in [1.82, 2.24) is 10.2 Å². The van der Waals surface area contributed by atoms with E-state index in [1.807, 2.05) is 6.92 Å². The second-order valence-electron chi connectivity index (χ2n) is 2.12. The summed E-state index contributed by atoms with van der Waals surface area (Å²) in [6.45, 7) is 1.99. The molecule has 1 atom stereocenters. The Morgan fingerprint density at radius 3 is 3.18 bits per heavy atom. The predicted octanol–water partition coefficient (Wildman–Crippen LogP) is 0.895. The van der Waals surface area contributed by atoms with Crippen LogP contribution in [0.4, 0.5) is 5.82 Å². The molecule has 4 nitrogen and oxygen atoms in total. The zero-order valence-corrected chi connectivity index (χ0v) is 7.15. The Labute approximate surface area is 68.0 Å². The molecule has 0 spiro atoms. The molecule has 1 unspecified atom stereocenters. The van der Waals surface area contributed by atoms with E-state index in [0.29, 0.717) is 11.6 Å². The Hall–Kier alpha value is -0.840. The van der Waals surface area contributed by atoms with Gasteiger partial charge in [-0.3, -0.25) is 9.82 Å². The average molecular weight is 173 g/mol. The summed E-state index contributed by atoms with van der Waals surface area (Å²) in [6, 6.07) is 1.74. The number of nitrogens with zero attached hydrogens (tertiary/aromatic N) is 1. The van der Waals surface area contributed by atoms with Crippen LogP contribution in [0.15, 0.2) is 12.3 Å². The van der Waals surface area contributed by atoms with E-state index in [9.17, 15) is 4.21 Å². The average Bonchev–Trinajstić information content (AvgIpc) is 2.40. The van der Waals surface area contributed by atoms with Gasteiger partial charge in [-0.2, -0.15) is 5.10 Å². The standard InChI is InChI=1S/C6H11N3OS/c1-2-5-11(10)9-6-3-4-7-8-6/h3-4H,2,5H2,1H3,(H2,7,8,9). The molecule has 0 radical (unpaired) electrons. The highest BCUT2D eigenvalue weighted by molar-refractivity contribution is 7.86. The normalized spacial score (nSPS) is 12.8. The fourth-order valence-electron chi connectivity index (χ4n) is 0.672. The summed E-state index contributed by atoms with van der Waals surface area (Å²) in [5, 5.41) is 6.39. The van der Waals surface area contributed by atoms with Gasteiger partial charge in [0.05, 0.1) is 6.20 Å². The molecule has 0 aliphatic rings. The van der Waals surface area contributed by atoms with Crippen LogP contribution >= 0.6 is 0 Å². The van der Waals surface area contributed by atoms with Crippen LogP contribution in [-0.4, -0.2) is 20.2 Å². The number of hydrogen-bond acceptors (Lipinski definition) is 2. The van der Waals surface area contributed by atoms with Crippen LogP contribution < -0.4 is 4.72 Å². The van der Waals surface area contributed by atoms with Crippen molar-refractivity contribution in [2.45, 2.75) is 13.3 Å². The third-order valence-corrected chi connectivity index (χ3v) is 2.34. The predicted molar refractivity (Wildman–Crippen MR) is 45.5 cm³/mol. The van der Waals surface area contributed by atoms with E-state index >= 15 is 0 Å². The van der Waals surface area contributed by atoms with Gasteiger partial charge in [-0.1, -0.05) is 6.92 Å². The summed E-state index contributed by atoms with van der Waals surface area (Å²) in [7, 11) is -0.971. The number of H-pyrrole nitrogens is 1. The highest BCUT2D eigenvalue weighted by Gasteiger charge is 1.97. The van der Waals surface area contributed by atoms with Gasteiger partial charge in [-0.15, -0.1) is 0 Å². The van der Waals surface area contributed by atoms with Crippen molar-refractivity contribution >= 4 is 16.8 Å². The minimum atomic E-state index is -0.971. The van der Waals surface area contributed by atoms with Crippen molar-refractivity contribution < 1.29 is 4.21 Å². The molecule has 1 aromatic rings. The van der Waals surface area contributed by atoms with E-state index in [1.165, 1.54) is 0 Å². The first-order valence-corrected chi connectivity index (χ1v) is 4.79. The van der Waals surface area contributed by atoms with Gasteiger partial charge in [0.1, 0.15) is 16.8 Å². The maximum Gasteiger partial charge on any atom is 0.133 e. The lowest BCUT2D eigenvalue weighted by Gasteiger charge is -1.99. The Morgan fingerprint density at radius 2 is 2.64 bits per heavy atom. The van der Waals surface area contributed by atoms with Crippen molar-refractivity contribution in [1.29, 1.82) is 0 Å². The highest BCUT2D eigenvalue weighted by atomic mass is 32.2. The highest BCUT2D eigenvalue weighted by Crippen LogP contribution is 2.00. The van der Waals surface area contributed by atoms with Crippen molar-refractivity contribution in [3.05, 3.63) is 12.3 Å². The molecular formula is C6H11N3OS. The largest absolute Gasteiger partial charge is 0.290 e. The smallest absolute Gasteiger partial charge is 0.133 e. The molecule has 62 valence electrons. The molecule has 0 aliphatic carbocycles. The molecule has 0 amide bonds. The quantitative estimate of drug-likeness (QED) is 0.710. The molecule has 0 fully saturated rings. The van der Waals surface area contributed by atoms with E-state index in [4.69, 9.17) is 0 Å². The van der Waals surface area contributed by atoms with Crippen LogP contribution in [0.5, 0.6) is 0 Å². The Bertz CT molecular complexity index is 222. The van der Waals surface area contributed by atoms with E-state index in [-0.39, 0.29) is 0 Å². The minimum Gasteiger partial charge on any atom is -0.290 e. The zero-order valence-electron chi connectivity index (χ0n) is 6.33. The molecule has 1 rings (SSSR count). The second-order valence-corrected chi connectivity index (χ2v) is 3.43. The molecule has 0 saturated heterocycles. The fraction of sp³-hybridized carbons (Fsp3) is 0.500. The van der Waals surface area contributed by atoms with Crippen molar-refractivity contribution in [3.63, 3.8) is 0 Å². The van der Waals surface area contributed by atoms with Crippen LogP contribution in [0.1, 0.15) is 13.3 Å². The third kappa shape index (κ3) is 2.71. The molecule has 0 aliphatic heterocycles. The monoisotopic (exact) mass is 173 g/mol.